The zero-order chi connectivity index (χ0) is 23.2. The number of alkyl halides is 1. The van der Waals surface area contributed by atoms with Gasteiger partial charge in [0.15, 0.2) is 5.82 Å². The number of nitrogens with zero attached hydrogens (tertiary/aromatic N) is 4. The maximum Gasteiger partial charge on any atom is 0.252 e. The van der Waals surface area contributed by atoms with Gasteiger partial charge in [0.1, 0.15) is 18.0 Å². The number of allylic oxidation sites excluding steroid dienone is 2. The normalized spacial score (nSPS) is 28.0. The molecule has 2 heterocycles. The van der Waals surface area contributed by atoms with Crippen LogP contribution in [0.3, 0.4) is 0 Å². The number of hydrogen-bond acceptors (Lipinski definition) is 7. The van der Waals surface area contributed by atoms with Gasteiger partial charge in [0, 0.05) is 17.7 Å². The first-order valence-electron chi connectivity index (χ1n) is 10.8. The predicted octanol–water partition coefficient (Wildman–Crippen LogP) is 4.78. The van der Waals surface area contributed by atoms with E-state index in [4.69, 9.17) is 9.47 Å². The Labute approximate surface area is 191 Å². The fourth-order valence-electron chi connectivity index (χ4n) is 5.00. The molecule has 1 aromatic carbocycles. The topological polar surface area (TPSA) is 90.2 Å². The van der Waals surface area contributed by atoms with E-state index in [2.05, 4.69) is 33.2 Å². The Hall–Kier alpha value is -3.55. The standard InChI is InChI=1S/C25H25FN4O3/c1-24-7-8-25(2,14-24)22(26)19(12-24)33-21-13-28-23(30-29-21)17-5-4-15(10-18(17)31)16-6-9-27-20(11-16)32-3/h4-11,13,19,22,31H,12,14H2,1-3H3/t19-,22-,24-,25-/m1/s1. The summed E-state index contributed by atoms with van der Waals surface area (Å²) in [5, 5.41) is 18.8. The summed E-state index contributed by atoms with van der Waals surface area (Å²) in [7, 11) is 1.55. The molecule has 5 rings (SSSR count). The number of fused-ring (bicyclic) bond motifs is 2. The first-order chi connectivity index (χ1) is 15.8. The quantitative estimate of drug-likeness (QED) is 0.562. The lowest BCUT2D eigenvalue weighted by Crippen LogP contribution is -2.47. The highest BCUT2D eigenvalue weighted by Crippen LogP contribution is 2.55. The Bertz CT molecular complexity index is 1220. The average molecular weight is 448 g/mol. The van der Waals surface area contributed by atoms with Crippen molar-refractivity contribution in [3.63, 3.8) is 0 Å². The molecule has 1 fully saturated rings. The summed E-state index contributed by atoms with van der Waals surface area (Å²) >= 11 is 0. The smallest absolute Gasteiger partial charge is 0.252 e. The van der Waals surface area contributed by atoms with Gasteiger partial charge in [-0.2, -0.15) is 0 Å². The van der Waals surface area contributed by atoms with E-state index < -0.39 is 17.7 Å². The van der Waals surface area contributed by atoms with Crippen molar-refractivity contribution in [3.8, 4) is 40.0 Å². The lowest BCUT2D eigenvalue weighted by molar-refractivity contribution is -0.0329. The van der Waals surface area contributed by atoms with Crippen molar-refractivity contribution in [1.29, 1.82) is 0 Å². The third-order valence-electron chi connectivity index (χ3n) is 6.60. The predicted molar refractivity (Wildman–Crippen MR) is 121 cm³/mol. The number of halogens is 1. The number of ether oxygens (including phenoxy) is 2. The Morgan fingerprint density at radius 1 is 1.03 bits per heavy atom. The SMILES string of the molecule is COc1cc(-c2ccc(-c3ncc(O[C@@H]4C[C@@]5(C)C=C[C@](C)(C5)[C@@H]4F)nn3)c(O)c2)ccn1. The second-order valence-corrected chi connectivity index (χ2v) is 9.37. The van der Waals surface area contributed by atoms with E-state index in [1.54, 1.807) is 31.5 Å². The van der Waals surface area contributed by atoms with Gasteiger partial charge in [0.2, 0.25) is 5.88 Å². The van der Waals surface area contributed by atoms with Crippen LogP contribution in [-0.4, -0.2) is 44.7 Å². The van der Waals surface area contributed by atoms with Gasteiger partial charge in [0.25, 0.3) is 5.88 Å². The number of phenols is 1. The van der Waals surface area contributed by atoms with E-state index in [1.807, 2.05) is 25.1 Å². The van der Waals surface area contributed by atoms with Gasteiger partial charge in [-0.1, -0.05) is 32.1 Å². The molecule has 7 nitrogen and oxygen atoms in total. The number of pyridine rings is 1. The summed E-state index contributed by atoms with van der Waals surface area (Å²) in [6, 6.07) is 8.80. The molecule has 8 heteroatoms. The first kappa shape index (κ1) is 21.3. The minimum absolute atomic E-state index is 0.0124. The van der Waals surface area contributed by atoms with Gasteiger partial charge in [-0.25, -0.2) is 14.4 Å². The lowest BCUT2D eigenvalue weighted by atomic mass is 9.67. The third kappa shape index (κ3) is 3.90. The number of aromatic hydroxyl groups is 1. The lowest BCUT2D eigenvalue weighted by Gasteiger charge is -2.42. The molecule has 2 aliphatic carbocycles. The molecule has 0 amide bonds. The van der Waals surface area contributed by atoms with E-state index in [0.29, 0.717) is 17.9 Å². The fourth-order valence-corrected chi connectivity index (χ4v) is 5.00. The van der Waals surface area contributed by atoms with Crippen molar-refractivity contribution in [2.24, 2.45) is 10.8 Å². The van der Waals surface area contributed by atoms with E-state index in [0.717, 1.165) is 17.5 Å². The van der Waals surface area contributed by atoms with E-state index in [1.165, 1.54) is 6.20 Å². The molecule has 2 bridgehead atoms. The van der Waals surface area contributed by atoms with Crippen molar-refractivity contribution in [1.82, 2.24) is 20.2 Å². The molecule has 0 unspecified atom stereocenters. The number of phenolic OH excluding ortho intramolecular Hbond substituents is 1. The van der Waals surface area contributed by atoms with Crippen molar-refractivity contribution in [3.05, 3.63) is 54.9 Å². The first-order valence-corrected chi connectivity index (χ1v) is 10.8. The van der Waals surface area contributed by atoms with Crippen molar-refractivity contribution in [2.45, 2.75) is 39.0 Å². The van der Waals surface area contributed by atoms with Crippen LogP contribution in [0.25, 0.3) is 22.5 Å². The van der Waals surface area contributed by atoms with Crippen LogP contribution in [-0.2, 0) is 0 Å². The van der Waals surface area contributed by atoms with Gasteiger partial charge in [-0.15, -0.1) is 10.2 Å². The van der Waals surface area contributed by atoms with Crippen LogP contribution in [0.5, 0.6) is 17.5 Å². The molecular formula is C25H25FN4O3. The summed E-state index contributed by atoms with van der Waals surface area (Å²) in [5.74, 6) is 0.914. The maximum atomic E-state index is 15.1. The summed E-state index contributed by atoms with van der Waals surface area (Å²) in [6.07, 6.45) is 6.75. The minimum atomic E-state index is -1.13. The van der Waals surface area contributed by atoms with E-state index in [9.17, 15) is 5.11 Å². The van der Waals surface area contributed by atoms with Crippen LogP contribution in [0.4, 0.5) is 4.39 Å². The highest BCUT2D eigenvalue weighted by Gasteiger charge is 2.53. The molecule has 2 aliphatic rings. The molecule has 0 spiro atoms. The van der Waals surface area contributed by atoms with Crippen LogP contribution < -0.4 is 9.47 Å². The Morgan fingerprint density at radius 2 is 1.85 bits per heavy atom. The second-order valence-electron chi connectivity index (χ2n) is 9.37. The van der Waals surface area contributed by atoms with Crippen molar-refractivity contribution < 1.29 is 19.0 Å². The molecule has 170 valence electrons. The van der Waals surface area contributed by atoms with E-state index in [-0.39, 0.29) is 22.9 Å². The molecule has 0 aliphatic heterocycles. The average Bonchev–Trinajstić information content (AvgIpc) is 3.09. The van der Waals surface area contributed by atoms with Crippen LogP contribution in [0.1, 0.15) is 26.7 Å². The van der Waals surface area contributed by atoms with Gasteiger partial charge < -0.3 is 14.6 Å². The highest BCUT2D eigenvalue weighted by atomic mass is 19.1. The Kier molecular flexibility index (Phi) is 5.03. The van der Waals surface area contributed by atoms with Gasteiger partial charge >= 0.3 is 0 Å². The molecular weight excluding hydrogens is 423 g/mol. The molecule has 0 radical (unpaired) electrons. The number of benzene rings is 1. The molecule has 2 aromatic heterocycles. The van der Waals surface area contributed by atoms with Crippen LogP contribution in [0.15, 0.2) is 54.9 Å². The molecule has 0 saturated heterocycles. The molecule has 1 N–H and O–H groups in total. The van der Waals surface area contributed by atoms with E-state index >= 15 is 4.39 Å². The summed E-state index contributed by atoms with van der Waals surface area (Å²) in [6.45, 7) is 4.05. The largest absolute Gasteiger partial charge is 0.507 e. The van der Waals surface area contributed by atoms with Gasteiger partial charge in [-0.05, 0) is 47.6 Å². The second kappa shape index (κ2) is 7.79. The number of methoxy groups -OCH3 is 1. The Morgan fingerprint density at radius 3 is 2.58 bits per heavy atom. The molecule has 4 atom stereocenters. The highest BCUT2D eigenvalue weighted by molar-refractivity contribution is 5.73. The zero-order valence-corrected chi connectivity index (χ0v) is 18.7. The molecule has 3 aromatic rings. The van der Waals surface area contributed by atoms with Crippen LogP contribution in [0, 0.1) is 10.8 Å². The Balaban J connectivity index is 1.33. The fraction of sp³-hybridized carbons (Fsp3) is 0.360. The van der Waals surface area contributed by atoms with Gasteiger partial charge in [0.05, 0.1) is 18.9 Å². The van der Waals surface area contributed by atoms with Crippen molar-refractivity contribution >= 4 is 0 Å². The number of rotatable bonds is 5. The van der Waals surface area contributed by atoms with Gasteiger partial charge in [-0.3, -0.25) is 0 Å². The number of hydrogen-bond donors (Lipinski definition) is 1. The van der Waals surface area contributed by atoms with Crippen LogP contribution in [0.2, 0.25) is 0 Å². The van der Waals surface area contributed by atoms with Crippen molar-refractivity contribution in [2.75, 3.05) is 7.11 Å². The number of aromatic nitrogens is 4. The third-order valence-corrected chi connectivity index (χ3v) is 6.60. The maximum absolute atomic E-state index is 15.1. The summed E-state index contributed by atoms with van der Waals surface area (Å²) in [4.78, 5) is 8.38. The zero-order valence-electron chi connectivity index (χ0n) is 18.7. The summed E-state index contributed by atoms with van der Waals surface area (Å²) < 4.78 is 26.1. The minimum Gasteiger partial charge on any atom is -0.507 e. The monoisotopic (exact) mass is 448 g/mol. The summed E-state index contributed by atoms with van der Waals surface area (Å²) in [5.41, 5.74) is 1.48. The molecule has 33 heavy (non-hydrogen) atoms. The molecule has 1 saturated carbocycles. The van der Waals surface area contributed by atoms with Crippen LogP contribution >= 0.6 is 0 Å².